The van der Waals surface area contributed by atoms with E-state index in [-0.39, 0.29) is 11.3 Å². The van der Waals surface area contributed by atoms with Crippen LogP contribution in [0, 0.1) is 6.92 Å². The molecule has 0 atom stereocenters. The molecule has 1 amide bonds. The number of carboxylic acid groups (broad SMARTS) is 1. The molecule has 2 heterocycles. The van der Waals surface area contributed by atoms with E-state index < -0.39 is 11.6 Å². The topological polar surface area (TPSA) is 106 Å². The van der Waals surface area contributed by atoms with E-state index in [1.54, 1.807) is 10.7 Å². The molecule has 0 aliphatic carbocycles. The molecule has 220 valence electrons. The van der Waals surface area contributed by atoms with Gasteiger partial charge in [0, 0.05) is 31.7 Å². The molecular formula is C32H42N4O5. The highest BCUT2D eigenvalue weighted by molar-refractivity contribution is 5.93. The number of hydrogen-bond donors (Lipinski definition) is 2. The van der Waals surface area contributed by atoms with Crippen LogP contribution in [-0.2, 0) is 28.0 Å². The predicted molar refractivity (Wildman–Crippen MR) is 158 cm³/mol. The molecule has 1 saturated heterocycles. The van der Waals surface area contributed by atoms with Crippen LogP contribution in [0.4, 0.5) is 0 Å². The first kappa shape index (κ1) is 30.3. The van der Waals surface area contributed by atoms with Crippen molar-refractivity contribution >= 4 is 11.9 Å². The monoisotopic (exact) mass is 562 g/mol. The fourth-order valence-electron chi connectivity index (χ4n) is 4.64. The van der Waals surface area contributed by atoms with E-state index in [0.29, 0.717) is 24.5 Å². The number of benzene rings is 2. The van der Waals surface area contributed by atoms with Gasteiger partial charge in [0.05, 0.1) is 25.5 Å². The average Bonchev–Trinajstić information content (AvgIpc) is 3.36. The highest BCUT2D eigenvalue weighted by atomic mass is 16.5. The van der Waals surface area contributed by atoms with Crippen molar-refractivity contribution in [2.75, 3.05) is 32.8 Å². The van der Waals surface area contributed by atoms with Gasteiger partial charge in [-0.25, -0.2) is 4.79 Å². The number of carboxylic acids is 1. The minimum Gasteiger partial charge on any atom is -0.478 e. The second kappa shape index (κ2) is 12.4. The quantitative estimate of drug-likeness (QED) is 0.370. The molecule has 4 rings (SSSR count). The number of aliphatic carboxylic acids is 1. The molecule has 0 radical (unpaired) electrons. The van der Waals surface area contributed by atoms with E-state index in [1.807, 2.05) is 25.1 Å². The summed E-state index contributed by atoms with van der Waals surface area (Å²) in [6.45, 7) is 16.3. The summed E-state index contributed by atoms with van der Waals surface area (Å²) in [7, 11) is 0. The van der Waals surface area contributed by atoms with E-state index in [9.17, 15) is 14.7 Å². The van der Waals surface area contributed by atoms with Gasteiger partial charge in [-0.05, 0) is 55.0 Å². The summed E-state index contributed by atoms with van der Waals surface area (Å²) < 4.78 is 13.0. The number of morpholine rings is 1. The maximum absolute atomic E-state index is 13.4. The number of nitrogens with zero attached hydrogens (tertiary/aromatic N) is 3. The van der Waals surface area contributed by atoms with Gasteiger partial charge in [-0.1, -0.05) is 57.2 Å². The number of carbonyl (C=O) groups is 2. The Morgan fingerprint density at radius 1 is 1.00 bits per heavy atom. The van der Waals surface area contributed by atoms with Gasteiger partial charge in [0.25, 0.3) is 5.91 Å². The van der Waals surface area contributed by atoms with Crippen molar-refractivity contribution in [3.63, 3.8) is 0 Å². The standard InChI is InChI=1S/C32H42N4O5/c1-22-19-23(7-12-28(22)41-32(5,6)30(38)39)21-33-29(37)27-20-26(24-8-10-25(11-9-24)31(2,3)4)34-36(27)14-13-35-15-17-40-18-16-35/h7-12,19-20H,13-18,21H2,1-6H3,(H,33,37)(H,38,39). The number of ether oxygens (including phenoxy) is 2. The number of nitrogens with one attached hydrogen (secondary N) is 1. The lowest BCUT2D eigenvalue weighted by molar-refractivity contribution is -0.152. The molecule has 1 aliphatic rings. The Labute approximate surface area is 242 Å². The van der Waals surface area contributed by atoms with Gasteiger partial charge >= 0.3 is 5.97 Å². The summed E-state index contributed by atoms with van der Waals surface area (Å²) in [6.07, 6.45) is 0. The summed E-state index contributed by atoms with van der Waals surface area (Å²) in [5.74, 6) is -0.749. The van der Waals surface area contributed by atoms with E-state index in [4.69, 9.17) is 14.6 Å². The molecule has 0 saturated carbocycles. The SMILES string of the molecule is Cc1cc(CNC(=O)c2cc(-c3ccc(C(C)(C)C)cc3)nn2CCN2CCOCC2)ccc1OC(C)(C)C(=O)O. The Morgan fingerprint density at radius 3 is 2.29 bits per heavy atom. The van der Waals surface area contributed by atoms with Crippen molar-refractivity contribution in [2.45, 2.75) is 65.6 Å². The first-order chi connectivity index (χ1) is 19.3. The summed E-state index contributed by atoms with van der Waals surface area (Å²) in [5.41, 5.74) is 3.86. The number of aryl methyl sites for hydroxylation is 1. The third kappa shape index (κ3) is 7.74. The molecule has 1 aromatic heterocycles. The molecule has 41 heavy (non-hydrogen) atoms. The zero-order valence-corrected chi connectivity index (χ0v) is 25.0. The van der Waals surface area contributed by atoms with E-state index in [2.05, 4.69) is 55.3 Å². The Hall–Kier alpha value is -3.69. The molecule has 2 aromatic carbocycles. The lowest BCUT2D eigenvalue weighted by Crippen LogP contribution is -2.38. The van der Waals surface area contributed by atoms with Gasteiger partial charge in [-0.2, -0.15) is 5.10 Å². The summed E-state index contributed by atoms with van der Waals surface area (Å²) in [6, 6.07) is 15.7. The first-order valence-electron chi connectivity index (χ1n) is 14.1. The minimum absolute atomic E-state index is 0.0518. The molecule has 3 aromatic rings. The molecule has 0 bridgehead atoms. The minimum atomic E-state index is -1.34. The fourth-order valence-corrected chi connectivity index (χ4v) is 4.64. The number of amides is 1. The molecule has 0 unspecified atom stereocenters. The normalized spacial score (nSPS) is 14.6. The number of carbonyl (C=O) groups excluding carboxylic acids is 1. The van der Waals surface area contributed by atoms with Crippen molar-refractivity contribution in [3.05, 3.63) is 70.9 Å². The molecule has 1 fully saturated rings. The average molecular weight is 563 g/mol. The predicted octanol–water partition coefficient (Wildman–Crippen LogP) is 4.66. The van der Waals surface area contributed by atoms with Gasteiger partial charge < -0.3 is 19.9 Å². The number of aromatic nitrogens is 2. The maximum Gasteiger partial charge on any atom is 0.347 e. The second-order valence-electron chi connectivity index (χ2n) is 12.1. The van der Waals surface area contributed by atoms with Gasteiger partial charge in [0.2, 0.25) is 0 Å². The van der Waals surface area contributed by atoms with Crippen molar-refractivity contribution in [1.82, 2.24) is 20.0 Å². The molecule has 0 spiro atoms. The second-order valence-corrected chi connectivity index (χ2v) is 12.1. The smallest absolute Gasteiger partial charge is 0.347 e. The van der Waals surface area contributed by atoms with Gasteiger partial charge in [0.15, 0.2) is 5.60 Å². The van der Waals surface area contributed by atoms with Crippen molar-refractivity contribution in [3.8, 4) is 17.0 Å². The summed E-state index contributed by atoms with van der Waals surface area (Å²) in [5, 5.41) is 17.2. The molecule has 1 aliphatic heterocycles. The van der Waals surface area contributed by atoms with Gasteiger partial charge in [-0.3, -0.25) is 14.4 Å². The van der Waals surface area contributed by atoms with E-state index >= 15 is 0 Å². The fraction of sp³-hybridized carbons (Fsp3) is 0.469. The van der Waals surface area contributed by atoms with Crippen LogP contribution >= 0.6 is 0 Å². The van der Waals surface area contributed by atoms with Gasteiger partial charge in [-0.15, -0.1) is 0 Å². The lowest BCUT2D eigenvalue weighted by Gasteiger charge is -2.26. The Balaban J connectivity index is 1.50. The Kier molecular flexibility index (Phi) is 9.19. The van der Waals surface area contributed by atoms with Crippen LogP contribution in [0.15, 0.2) is 48.5 Å². The highest BCUT2D eigenvalue weighted by Crippen LogP contribution is 2.27. The lowest BCUT2D eigenvalue weighted by atomic mass is 9.86. The zero-order valence-electron chi connectivity index (χ0n) is 25.0. The van der Waals surface area contributed by atoms with E-state index in [0.717, 1.165) is 55.2 Å². The molecule has 2 N–H and O–H groups in total. The highest BCUT2D eigenvalue weighted by Gasteiger charge is 2.30. The number of hydrogen-bond acceptors (Lipinski definition) is 6. The van der Waals surface area contributed by atoms with Crippen LogP contribution in [0.1, 0.15) is 61.8 Å². The molecular weight excluding hydrogens is 520 g/mol. The maximum atomic E-state index is 13.4. The molecule has 9 heteroatoms. The summed E-state index contributed by atoms with van der Waals surface area (Å²) in [4.78, 5) is 27.2. The van der Waals surface area contributed by atoms with E-state index in [1.165, 1.54) is 19.4 Å². The summed E-state index contributed by atoms with van der Waals surface area (Å²) >= 11 is 0. The van der Waals surface area contributed by atoms with Crippen LogP contribution in [0.2, 0.25) is 0 Å². The Bertz CT molecular complexity index is 1370. The first-order valence-corrected chi connectivity index (χ1v) is 14.1. The van der Waals surface area contributed by atoms with Crippen molar-refractivity contribution in [1.29, 1.82) is 0 Å². The van der Waals surface area contributed by atoms with Crippen LogP contribution in [0.3, 0.4) is 0 Å². The van der Waals surface area contributed by atoms with Crippen molar-refractivity contribution < 1.29 is 24.2 Å². The largest absolute Gasteiger partial charge is 0.478 e. The molecule has 9 nitrogen and oxygen atoms in total. The third-order valence-electron chi connectivity index (χ3n) is 7.36. The Morgan fingerprint density at radius 2 is 1.68 bits per heavy atom. The zero-order chi connectivity index (χ0) is 29.8. The van der Waals surface area contributed by atoms with Crippen molar-refractivity contribution in [2.24, 2.45) is 0 Å². The van der Waals surface area contributed by atoms with Gasteiger partial charge in [0.1, 0.15) is 11.4 Å². The number of rotatable bonds is 10. The third-order valence-corrected chi connectivity index (χ3v) is 7.36. The van der Waals surface area contributed by atoms with Crippen LogP contribution in [0.25, 0.3) is 11.3 Å². The van der Waals surface area contributed by atoms with Crippen LogP contribution < -0.4 is 10.1 Å². The van der Waals surface area contributed by atoms with Crippen LogP contribution in [-0.4, -0.2) is 70.1 Å². The van der Waals surface area contributed by atoms with Crippen LogP contribution in [0.5, 0.6) is 5.75 Å².